The van der Waals surface area contributed by atoms with E-state index in [-0.39, 0.29) is 0 Å². The maximum Gasteiger partial charge on any atom is 0.172 e. The first kappa shape index (κ1) is 29.8. The van der Waals surface area contributed by atoms with E-state index in [1.54, 1.807) is 0 Å². The van der Waals surface area contributed by atoms with Gasteiger partial charge in [-0.05, 0) is 77.5 Å². The van der Waals surface area contributed by atoms with Crippen molar-refractivity contribution in [2.75, 3.05) is 9.80 Å². The SMILES string of the molecule is c1ccc(N(c2ccc3c(c2)Oc2ccc(N(c4ccccc4)c4cccc5ccccc45)c4cccc(c24)O3)c2cccc3ccccc23)cc1. The summed E-state index contributed by atoms with van der Waals surface area (Å²) >= 11 is 0. The van der Waals surface area contributed by atoms with Crippen LogP contribution in [0.4, 0.5) is 34.1 Å². The Morgan fingerprint density at radius 2 is 0.769 bits per heavy atom. The van der Waals surface area contributed by atoms with Crippen LogP contribution in [0, 0.1) is 0 Å². The molecule has 1 aliphatic rings. The molecule has 10 rings (SSSR count). The van der Waals surface area contributed by atoms with Gasteiger partial charge in [-0.25, -0.2) is 0 Å². The fraction of sp³-hybridized carbons (Fsp3) is 0. The van der Waals surface area contributed by atoms with Crippen LogP contribution in [0.25, 0.3) is 32.3 Å². The van der Waals surface area contributed by atoms with Crippen molar-refractivity contribution >= 4 is 66.4 Å². The van der Waals surface area contributed by atoms with Crippen molar-refractivity contribution in [3.05, 3.63) is 194 Å². The fourth-order valence-corrected chi connectivity index (χ4v) is 7.52. The molecule has 1 aliphatic heterocycles. The molecule has 0 amide bonds. The molecule has 0 unspecified atom stereocenters. The number of fused-ring (bicyclic) bond motifs is 3. The maximum absolute atomic E-state index is 6.87. The molecule has 0 fully saturated rings. The first-order chi connectivity index (χ1) is 25.8. The van der Waals surface area contributed by atoms with E-state index in [0.717, 1.165) is 56.4 Å². The second-order valence-corrected chi connectivity index (χ2v) is 12.9. The van der Waals surface area contributed by atoms with E-state index in [0.29, 0.717) is 11.5 Å². The van der Waals surface area contributed by atoms with E-state index >= 15 is 0 Å². The Kier molecular flexibility index (Phi) is 7.10. The van der Waals surface area contributed by atoms with Crippen LogP contribution in [0.15, 0.2) is 194 Å². The molecule has 0 spiro atoms. The largest absolute Gasteiger partial charge is 0.453 e. The summed E-state index contributed by atoms with van der Waals surface area (Å²) in [5, 5.41) is 6.66. The molecule has 0 bridgehead atoms. The van der Waals surface area contributed by atoms with Crippen LogP contribution in [0.1, 0.15) is 0 Å². The summed E-state index contributed by atoms with van der Waals surface area (Å²) in [4.78, 5) is 4.62. The van der Waals surface area contributed by atoms with Crippen molar-refractivity contribution < 1.29 is 9.47 Å². The van der Waals surface area contributed by atoms with Gasteiger partial charge in [-0.2, -0.15) is 0 Å². The molecule has 0 saturated carbocycles. The van der Waals surface area contributed by atoms with Gasteiger partial charge < -0.3 is 19.3 Å². The van der Waals surface area contributed by atoms with Crippen molar-refractivity contribution in [1.82, 2.24) is 0 Å². The molecular formula is C48H32N2O2. The summed E-state index contributed by atoms with van der Waals surface area (Å²) in [6.07, 6.45) is 0. The van der Waals surface area contributed by atoms with Crippen LogP contribution in [0.5, 0.6) is 23.0 Å². The number of nitrogens with zero attached hydrogens (tertiary/aromatic N) is 2. The highest BCUT2D eigenvalue weighted by Gasteiger charge is 2.25. The third kappa shape index (κ3) is 5.00. The number of anilines is 6. The van der Waals surface area contributed by atoms with Crippen molar-refractivity contribution in [2.45, 2.75) is 0 Å². The van der Waals surface area contributed by atoms with Gasteiger partial charge in [0.1, 0.15) is 11.5 Å². The van der Waals surface area contributed by atoms with Gasteiger partial charge in [-0.1, -0.05) is 121 Å². The van der Waals surface area contributed by atoms with Crippen LogP contribution < -0.4 is 19.3 Å². The molecule has 0 aliphatic carbocycles. The van der Waals surface area contributed by atoms with Crippen molar-refractivity contribution in [3.8, 4) is 23.0 Å². The molecule has 0 atom stereocenters. The van der Waals surface area contributed by atoms with E-state index in [1.165, 1.54) is 21.5 Å². The van der Waals surface area contributed by atoms with E-state index in [2.05, 4.69) is 186 Å². The monoisotopic (exact) mass is 668 g/mol. The second kappa shape index (κ2) is 12.4. The molecule has 0 aromatic heterocycles. The van der Waals surface area contributed by atoms with Gasteiger partial charge in [0, 0.05) is 33.6 Å². The topological polar surface area (TPSA) is 24.9 Å². The van der Waals surface area contributed by atoms with Gasteiger partial charge in [0.25, 0.3) is 0 Å². The number of rotatable bonds is 6. The Balaban J connectivity index is 1.13. The van der Waals surface area contributed by atoms with Crippen LogP contribution in [0.3, 0.4) is 0 Å². The van der Waals surface area contributed by atoms with Gasteiger partial charge in [-0.3, -0.25) is 0 Å². The van der Waals surface area contributed by atoms with Gasteiger partial charge in [0.05, 0.1) is 28.1 Å². The van der Waals surface area contributed by atoms with Gasteiger partial charge in [0.2, 0.25) is 0 Å². The minimum absolute atomic E-state index is 0.651. The average Bonchev–Trinajstić information content (AvgIpc) is 3.37. The third-order valence-corrected chi connectivity index (χ3v) is 9.85. The van der Waals surface area contributed by atoms with Crippen molar-refractivity contribution in [2.24, 2.45) is 0 Å². The lowest BCUT2D eigenvalue weighted by Gasteiger charge is -2.28. The standard InChI is InChI=1S/C48H32N2O2/c1-3-18-35(19-4-1)49(41-25-11-16-33-14-7-9-22-38(33)41)37-28-30-44-47(32-37)52-46-31-29-43(40-24-13-27-45(51-44)48(40)46)50(36-20-5-2-6-21-36)42-26-12-17-34-15-8-10-23-39(34)42/h1-32H. The zero-order chi connectivity index (χ0) is 34.4. The van der Waals surface area contributed by atoms with E-state index in [9.17, 15) is 0 Å². The molecule has 0 N–H and O–H groups in total. The lowest BCUT2D eigenvalue weighted by atomic mass is 10.0. The molecule has 4 nitrogen and oxygen atoms in total. The zero-order valence-corrected chi connectivity index (χ0v) is 28.2. The molecule has 9 aromatic rings. The van der Waals surface area contributed by atoms with Crippen molar-refractivity contribution in [3.63, 3.8) is 0 Å². The quantitative estimate of drug-likeness (QED) is 0.176. The van der Waals surface area contributed by atoms with Gasteiger partial charge in [-0.15, -0.1) is 0 Å². The Morgan fingerprint density at radius 3 is 1.46 bits per heavy atom. The molecule has 246 valence electrons. The molecule has 9 aromatic carbocycles. The minimum Gasteiger partial charge on any atom is -0.453 e. The van der Waals surface area contributed by atoms with Crippen LogP contribution >= 0.6 is 0 Å². The Hall–Kier alpha value is -7.04. The van der Waals surface area contributed by atoms with Gasteiger partial charge in [0.15, 0.2) is 11.5 Å². The maximum atomic E-state index is 6.87. The molecule has 1 heterocycles. The Bertz CT molecular complexity index is 2750. The third-order valence-electron chi connectivity index (χ3n) is 9.85. The Morgan fingerprint density at radius 1 is 0.288 bits per heavy atom. The van der Waals surface area contributed by atoms with E-state index in [4.69, 9.17) is 9.47 Å². The first-order valence-corrected chi connectivity index (χ1v) is 17.5. The van der Waals surface area contributed by atoms with Crippen LogP contribution in [-0.2, 0) is 0 Å². The lowest BCUT2D eigenvalue weighted by Crippen LogP contribution is -2.11. The summed E-state index contributed by atoms with van der Waals surface area (Å²) < 4.78 is 13.6. The summed E-state index contributed by atoms with van der Waals surface area (Å²) in [7, 11) is 0. The number of para-hydroxylation sites is 2. The number of hydrogen-bond acceptors (Lipinski definition) is 4. The summed E-state index contributed by atoms with van der Waals surface area (Å²) in [6.45, 7) is 0. The lowest BCUT2D eigenvalue weighted by molar-refractivity contribution is 0.439. The highest BCUT2D eigenvalue weighted by atomic mass is 16.5. The minimum atomic E-state index is 0.651. The normalized spacial score (nSPS) is 11.8. The molecule has 4 heteroatoms. The fourth-order valence-electron chi connectivity index (χ4n) is 7.52. The molecule has 0 radical (unpaired) electrons. The number of ether oxygens (including phenoxy) is 2. The summed E-state index contributed by atoms with van der Waals surface area (Å²) in [5.41, 5.74) is 6.31. The molecule has 52 heavy (non-hydrogen) atoms. The van der Waals surface area contributed by atoms with Crippen LogP contribution in [0.2, 0.25) is 0 Å². The van der Waals surface area contributed by atoms with E-state index < -0.39 is 0 Å². The van der Waals surface area contributed by atoms with E-state index in [1.807, 2.05) is 18.2 Å². The molecular weight excluding hydrogens is 637 g/mol. The van der Waals surface area contributed by atoms with Crippen molar-refractivity contribution in [1.29, 1.82) is 0 Å². The smallest absolute Gasteiger partial charge is 0.172 e. The summed E-state index contributed by atoms with van der Waals surface area (Å²) in [6, 6.07) is 67.7. The summed E-state index contributed by atoms with van der Waals surface area (Å²) in [5.74, 6) is 2.81. The average molecular weight is 669 g/mol. The highest BCUT2D eigenvalue weighted by Crippen LogP contribution is 2.52. The highest BCUT2D eigenvalue weighted by molar-refractivity contribution is 6.08. The number of hydrogen-bond donors (Lipinski definition) is 0. The first-order valence-electron chi connectivity index (χ1n) is 17.5. The predicted molar refractivity (Wildman–Crippen MR) is 215 cm³/mol. The zero-order valence-electron chi connectivity index (χ0n) is 28.2. The second-order valence-electron chi connectivity index (χ2n) is 12.9. The number of benzene rings is 9. The predicted octanol–water partition coefficient (Wildman–Crippen LogP) is 14.0. The Labute approximate surface area is 302 Å². The van der Waals surface area contributed by atoms with Crippen LogP contribution in [-0.4, -0.2) is 0 Å². The van der Waals surface area contributed by atoms with Gasteiger partial charge >= 0.3 is 0 Å². The molecule has 0 saturated heterocycles.